The van der Waals surface area contributed by atoms with Gasteiger partial charge in [-0.15, -0.1) is 11.8 Å². The smallest absolute Gasteiger partial charge is 0.270 e. The molecule has 1 aliphatic rings. The molecule has 3 rings (SSSR count). The van der Waals surface area contributed by atoms with E-state index in [0.717, 1.165) is 5.56 Å². The van der Waals surface area contributed by atoms with E-state index in [1.165, 1.54) is 11.8 Å². The van der Waals surface area contributed by atoms with E-state index in [9.17, 15) is 14.7 Å². The second kappa shape index (κ2) is 5.57. The molecule has 0 fully saturated rings. The van der Waals surface area contributed by atoms with Crippen molar-refractivity contribution in [3.8, 4) is 5.75 Å². The molecule has 2 heterocycles. The molecule has 0 aliphatic carbocycles. The van der Waals surface area contributed by atoms with Gasteiger partial charge in [0.15, 0.2) is 0 Å². The van der Waals surface area contributed by atoms with E-state index in [1.54, 1.807) is 28.9 Å². The predicted octanol–water partition coefficient (Wildman–Crippen LogP) is 2.24. The lowest BCUT2D eigenvalue weighted by atomic mass is 10.1. The molecule has 1 aliphatic heterocycles. The van der Waals surface area contributed by atoms with Gasteiger partial charge in [0.1, 0.15) is 11.6 Å². The van der Waals surface area contributed by atoms with Crippen molar-refractivity contribution in [3.05, 3.63) is 45.7 Å². The van der Waals surface area contributed by atoms with E-state index >= 15 is 0 Å². The summed E-state index contributed by atoms with van der Waals surface area (Å²) in [6.45, 7) is 3.88. The molecule has 0 saturated carbocycles. The molecule has 7 heteroatoms. The molecule has 2 aromatic rings. The maximum atomic E-state index is 12.4. The van der Waals surface area contributed by atoms with E-state index in [2.05, 4.69) is 10.4 Å². The fraction of sp³-hybridized carbons (Fsp3) is 0.333. The summed E-state index contributed by atoms with van der Waals surface area (Å²) in [5.74, 6) is 0.858. The molecule has 3 N–H and O–H groups in total. The number of nitrogens with one attached hydrogen (secondary N) is 2. The zero-order valence-electron chi connectivity index (χ0n) is 12.3. The van der Waals surface area contributed by atoms with E-state index in [-0.39, 0.29) is 34.3 Å². The van der Waals surface area contributed by atoms with Crippen molar-refractivity contribution in [2.45, 2.75) is 25.1 Å². The monoisotopic (exact) mass is 319 g/mol. The summed E-state index contributed by atoms with van der Waals surface area (Å²) >= 11 is 1.41. The Morgan fingerprint density at radius 2 is 1.95 bits per heavy atom. The molecular weight excluding hydrogens is 302 g/mol. The second-order valence-corrected chi connectivity index (χ2v) is 6.59. The van der Waals surface area contributed by atoms with Gasteiger partial charge in [-0.3, -0.25) is 19.4 Å². The Hall–Kier alpha value is -2.15. The van der Waals surface area contributed by atoms with Crippen LogP contribution in [0.2, 0.25) is 0 Å². The fourth-order valence-corrected chi connectivity index (χ4v) is 3.67. The first-order chi connectivity index (χ1) is 10.5. The van der Waals surface area contributed by atoms with Crippen LogP contribution in [0.4, 0.5) is 5.82 Å². The molecule has 0 spiro atoms. The van der Waals surface area contributed by atoms with Crippen LogP contribution >= 0.6 is 11.8 Å². The summed E-state index contributed by atoms with van der Waals surface area (Å²) in [5, 5.41) is 14.8. The highest BCUT2D eigenvalue weighted by atomic mass is 32.2. The number of thioether (sulfide) groups is 1. The third-order valence-corrected chi connectivity index (χ3v) is 4.85. The van der Waals surface area contributed by atoms with E-state index < -0.39 is 0 Å². The number of hydrogen-bond acceptors (Lipinski definition) is 4. The van der Waals surface area contributed by atoms with E-state index in [0.29, 0.717) is 11.4 Å². The zero-order valence-corrected chi connectivity index (χ0v) is 13.1. The highest BCUT2D eigenvalue weighted by Crippen LogP contribution is 2.40. The van der Waals surface area contributed by atoms with Gasteiger partial charge >= 0.3 is 0 Å². The number of phenolic OH excluding ortho intramolecular Hbond substituents is 1. The number of rotatable bonds is 2. The van der Waals surface area contributed by atoms with Crippen LogP contribution in [0.25, 0.3) is 0 Å². The summed E-state index contributed by atoms with van der Waals surface area (Å²) in [4.78, 5) is 24.4. The number of aromatic amines is 1. The Morgan fingerprint density at radius 3 is 2.59 bits per heavy atom. The maximum absolute atomic E-state index is 12.4. The molecule has 1 amide bonds. The van der Waals surface area contributed by atoms with Crippen LogP contribution in [0, 0.1) is 0 Å². The highest BCUT2D eigenvalue weighted by Gasteiger charge is 2.30. The first-order valence-corrected chi connectivity index (χ1v) is 8.07. The van der Waals surface area contributed by atoms with Gasteiger partial charge < -0.3 is 10.4 Å². The van der Waals surface area contributed by atoms with Crippen molar-refractivity contribution in [1.82, 2.24) is 9.78 Å². The number of amides is 1. The minimum atomic E-state index is -0.252. The van der Waals surface area contributed by atoms with Crippen LogP contribution in [-0.4, -0.2) is 26.5 Å². The van der Waals surface area contributed by atoms with Crippen LogP contribution < -0.4 is 10.9 Å². The second-order valence-electron chi connectivity index (χ2n) is 5.50. The van der Waals surface area contributed by atoms with E-state index in [4.69, 9.17) is 0 Å². The molecule has 1 aromatic carbocycles. The lowest BCUT2D eigenvalue weighted by molar-refractivity contribution is -0.113. The Morgan fingerprint density at radius 1 is 1.27 bits per heavy atom. The quantitative estimate of drug-likeness (QED) is 0.792. The number of hydrogen-bond donors (Lipinski definition) is 3. The predicted molar refractivity (Wildman–Crippen MR) is 86.5 cm³/mol. The molecule has 22 heavy (non-hydrogen) atoms. The van der Waals surface area contributed by atoms with Gasteiger partial charge in [-0.1, -0.05) is 12.1 Å². The Kier molecular flexibility index (Phi) is 3.74. The van der Waals surface area contributed by atoms with Crippen molar-refractivity contribution in [2.75, 3.05) is 11.1 Å². The summed E-state index contributed by atoms with van der Waals surface area (Å²) in [6.07, 6.45) is 0. The normalized spacial score (nSPS) is 18.0. The number of phenols is 1. The van der Waals surface area contributed by atoms with Crippen molar-refractivity contribution in [1.29, 1.82) is 0 Å². The molecular formula is C15H17N3O3S. The summed E-state index contributed by atoms with van der Waals surface area (Å²) in [5.41, 5.74) is 1.24. The number of aromatic hydroxyl groups is 1. The number of H-pyrrole nitrogens is 1. The number of benzene rings is 1. The molecule has 6 nitrogen and oxygen atoms in total. The number of anilines is 1. The first kappa shape index (κ1) is 14.8. The summed E-state index contributed by atoms with van der Waals surface area (Å²) in [6, 6.07) is 6.75. The van der Waals surface area contributed by atoms with E-state index in [1.807, 2.05) is 13.8 Å². The van der Waals surface area contributed by atoms with Crippen molar-refractivity contribution in [3.63, 3.8) is 0 Å². The first-order valence-electron chi connectivity index (χ1n) is 7.02. The van der Waals surface area contributed by atoms with Crippen LogP contribution in [0.15, 0.2) is 29.1 Å². The van der Waals surface area contributed by atoms with Crippen LogP contribution in [0.1, 0.15) is 36.3 Å². The third-order valence-electron chi connectivity index (χ3n) is 3.58. The van der Waals surface area contributed by atoms with Crippen LogP contribution in [0.3, 0.4) is 0 Å². The lowest BCUT2D eigenvalue weighted by Crippen LogP contribution is -2.17. The number of fused-ring (bicyclic) bond motifs is 1. The average Bonchev–Trinajstić information content (AvgIpc) is 2.68. The van der Waals surface area contributed by atoms with Gasteiger partial charge in [0.05, 0.1) is 16.6 Å². The number of nitrogens with zero attached hydrogens (tertiary/aromatic N) is 1. The molecule has 1 atom stereocenters. The van der Waals surface area contributed by atoms with Gasteiger partial charge in [0, 0.05) is 6.04 Å². The van der Waals surface area contributed by atoms with Crippen molar-refractivity contribution >= 4 is 23.5 Å². The Bertz CT molecular complexity index is 761. The van der Waals surface area contributed by atoms with Crippen molar-refractivity contribution < 1.29 is 9.90 Å². The van der Waals surface area contributed by atoms with Gasteiger partial charge in [0.25, 0.3) is 5.56 Å². The number of aromatic nitrogens is 2. The SMILES string of the molecule is CC(C)n1[nH]c(=O)c2c1NC(=O)CS[C@H]2c1ccc(O)cc1. The van der Waals surface area contributed by atoms with Gasteiger partial charge in [-0.25, -0.2) is 0 Å². The minimum Gasteiger partial charge on any atom is -0.508 e. The molecule has 0 unspecified atom stereocenters. The number of carbonyl (C=O) groups excluding carboxylic acids is 1. The summed E-state index contributed by atoms with van der Waals surface area (Å²) in [7, 11) is 0. The largest absolute Gasteiger partial charge is 0.508 e. The molecule has 116 valence electrons. The van der Waals surface area contributed by atoms with Gasteiger partial charge in [0.2, 0.25) is 5.91 Å². The zero-order chi connectivity index (χ0) is 15.9. The standard InChI is InChI=1S/C15H17N3O3S/c1-8(2)18-14-12(15(21)17-18)13(22-7-11(20)16-14)9-3-5-10(19)6-4-9/h3-6,8,13,19H,7H2,1-2H3,(H,16,20)(H,17,21)/t13-/m0/s1. The Labute approximate surface area is 131 Å². The minimum absolute atomic E-state index is 0.0281. The topological polar surface area (TPSA) is 87.1 Å². The van der Waals surface area contributed by atoms with Crippen LogP contribution in [0.5, 0.6) is 5.75 Å². The maximum Gasteiger partial charge on any atom is 0.270 e. The molecule has 0 radical (unpaired) electrons. The van der Waals surface area contributed by atoms with Gasteiger partial charge in [-0.05, 0) is 31.5 Å². The lowest BCUT2D eigenvalue weighted by Gasteiger charge is -2.15. The summed E-state index contributed by atoms with van der Waals surface area (Å²) < 4.78 is 1.69. The van der Waals surface area contributed by atoms with Crippen molar-refractivity contribution in [2.24, 2.45) is 0 Å². The average molecular weight is 319 g/mol. The van der Waals surface area contributed by atoms with Crippen LogP contribution in [-0.2, 0) is 4.79 Å². The number of carbonyl (C=O) groups is 1. The highest BCUT2D eigenvalue weighted by molar-refractivity contribution is 8.00. The van der Waals surface area contributed by atoms with Gasteiger partial charge in [-0.2, -0.15) is 0 Å². The molecule has 0 saturated heterocycles. The molecule has 0 bridgehead atoms. The fourth-order valence-electron chi connectivity index (χ4n) is 2.54. The molecule has 1 aromatic heterocycles. The Balaban J connectivity index is 2.17. The third kappa shape index (κ3) is 2.52.